The van der Waals surface area contributed by atoms with Gasteiger partial charge in [0.2, 0.25) is 0 Å². The summed E-state index contributed by atoms with van der Waals surface area (Å²) in [4.78, 5) is 5.84. The largest absolute Gasteiger partial charge is 0.493 e. The maximum absolute atomic E-state index is 5.84. The molecule has 1 aromatic rings. The van der Waals surface area contributed by atoms with Gasteiger partial charge in [0.25, 0.3) is 0 Å². The van der Waals surface area contributed by atoms with E-state index >= 15 is 0 Å². The Balaban J connectivity index is 1.77. The van der Waals surface area contributed by atoms with Gasteiger partial charge in [-0.2, -0.15) is 0 Å². The fraction of sp³-hybridized carbons (Fsp3) is 0.611. The van der Waals surface area contributed by atoms with Gasteiger partial charge < -0.3 is 14.3 Å². The summed E-state index contributed by atoms with van der Waals surface area (Å²) in [6, 6.07) is 6.02. The van der Waals surface area contributed by atoms with E-state index in [1.807, 2.05) is 18.2 Å². The molecule has 120 valence electrons. The van der Waals surface area contributed by atoms with Crippen molar-refractivity contribution in [2.24, 2.45) is 5.16 Å². The zero-order valence-corrected chi connectivity index (χ0v) is 13.6. The Hall–Kier alpha value is -1.71. The minimum atomic E-state index is -0.0437. The monoisotopic (exact) mass is 303 g/mol. The van der Waals surface area contributed by atoms with Crippen molar-refractivity contribution in [3.63, 3.8) is 0 Å². The first-order valence-electron chi connectivity index (χ1n) is 8.32. The maximum Gasteiger partial charge on any atom is 0.161 e. The van der Waals surface area contributed by atoms with Crippen LogP contribution in [0.25, 0.3) is 0 Å². The molecule has 22 heavy (non-hydrogen) atoms. The van der Waals surface area contributed by atoms with E-state index in [9.17, 15) is 0 Å². The highest BCUT2D eigenvalue weighted by molar-refractivity contribution is 6.02. The van der Waals surface area contributed by atoms with Gasteiger partial charge in [0.1, 0.15) is 5.60 Å². The maximum atomic E-state index is 5.84. The molecule has 0 unspecified atom stereocenters. The van der Waals surface area contributed by atoms with Gasteiger partial charge in [0.05, 0.1) is 19.4 Å². The van der Waals surface area contributed by atoms with Crippen molar-refractivity contribution in [1.29, 1.82) is 0 Å². The van der Waals surface area contributed by atoms with Crippen LogP contribution in [0.3, 0.4) is 0 Å². The summed E-state index contributed by atoms with van der Waals surface area (Å²) >= 11 is 0. The highest BCUT2D eigenvalue weighted by atomic mass is 16.7. The van der Waals surface area contributed by atoms with E-state index in [0.717, 1.165) is 48.5 Å². The summed E-state index contributed by atoms with van der Waals surface area (Å²) in [5, 5.41) is 4.38. The van der Waals surface area contributed by atoms with E-state index < -0.39 is 0 Å². The normalized spacial score (nSPS) is 19.6. The average Bonchev–Trinajstić information content (AvgIpc) is 2.96. The summed E-state index contributed by atoms with van der Waals surface area (Å²) in [7, 11) is 1.67. The Kier molecular flexibility index (Phi) is 4.55. The van der Waals surface area contributed by atoms with Gasteiger partial charge in [-0.25, -0.2) is 0 Å². The van der Waals surface area contributed by atoms with Crippen LogP contribution < -0.4 is 9.47 Å². The number of nitrogens with zero attached hydrogens (tertiary/aromatic N) is 1. The zero-order valence-electron chi connectivity index (χ0n) is 13.6. The molecule has 2 aliphatic rings. The molecule has 4 heteroatoms. The van der Waals surface area contributed by atoms with E-state index in [-0.39, 0.29) is 5.60 Å². The van der Waals surface area contributed by atoms with Gasteiger partial charge in [-0.3, -0.25) is 0 Å². The SMILES string of the molecule is CCCOc1cc(C2=NOC3(CCCCC3)C2)ccc1OC. The summed E-state index contributed by atoms with van der Waals surface area (Å²) in [5.74, 6) is 1.55. The van der Waals surface area contributed by atoms with Crippen LogP contribution in [0.1, 0.15) is 57.4 Å². The third kappa shape index (κ3) is 3.06. The van der Waals surface area contributed by atoms with Crippen LogP contribution in [0.15, 0.2) is 23.4 Å². The van der Waals surface area contributed by atoms with Crippen molar-refractivity contribution in [1.82, 2.24) is 0 Å². The molecule has 1 heterocycles. The lowest BCUT2D eigenvalue weighted by molar-refractivity contribution is -0.0449. The van der Waals surface area contributed by atoms with E-state index in [1.165, 1.54) is 19.3 Å². The van der Waals surface area contributed by atoms with Crippen molar-refractivity contribution >= 4 is 5.71 Å². The third-order valence-corrected chi connectivity index (χ3v) is 4.56. The molecule has 0 atom stereocenters. The zero-order chi connectivity index (χ0) is 15.4. The van der Waals surface area contributed by atoms with Gasteiger partial charge in [0.15, 0.2) is 11.5 Å². The van der Waals surface area contributed by atoms with E-state index in [2.05, 4.69) is 12.1 Å². The molecule has 0 N–H and O–H groups in total. The summed E-state index contributed by atoms with van der Waals surface area (Å²) in [6.07, 6.45) is 7.93. The van der Waals surface area contributed by atoms with E-state index in [4.69, 9.17) is 14.3 Å². The van der Waals surface area contributed by atoms with Crippen LogP contribution in [0.2, 0.25) is 0 Å². The molecular weight excluding hydrogens is 278 g/mol. The highest BCUT2D eigenvalue weighted by Crippen LogP contribution is 2.40. The molecule has 1 saturated carbocycles. The fourth-order valence-corrected chi connectivity index (χ4v) is 3.32. The molecule has 1 spiro atoms. The number of hydrogen-bond donors (Lipinski definition) is 0. The summed E-state index contributed by atoms with van der Waals surface area (Å²) in [6.45, 7) is 2.78. The van der Waals surface area contributed by atoms with Crippen LogP contribution in [0.4, 0.5) is 0 Å². The number of oxime groups is 1. The molecule has 1 aromatic carbocycles. The first-order chi connectivity index (χ1) is 10.8. The number of hydrogen-bond acceptors (Lipinski definition) is 4. The predicted molar refractivity (Wildman–Crippen MR) is 86.8 cm³/mol. The third-order valence-electron chi connectivity index (χ3n) is 4.56. The Morgan fingerprint density at radius 3 is 2.73 bits per heavy atom. The van der Waals surface area contributed by atoms with E-state index in [1.54, 1.807) is 7.11 Å². The van der Waals surface area contributed by atoms with Crippen LogP contribution in [0.5, 0.6) is 11.5 Å². The summed E-state index contributed by atoms with van der Waals surface area (Å²) in [5.41, 5.74) is 2.07. The van der Waals surface area contributed by atoms with Crippen molar-refractivity contribution in [3.05, 3.63) is 23.8 Å². The minimum absolute atomic E-state index is 0.0437. The quantitative estimate of drug-likeness (QED) is 0.813. The van der Waals surface area contributed by atoms with Crippen LogP contribution in [-0.2, 0) is 4.84 Å². The first-order valence-corrected chi connectivity index (χ1v) is 8.32. The Labute approximate surface area is 132 Å². The molecule has 3 rings (SSSR count). The smallest absolute Gasteiger partial charge is 0.161 e. The summed E-state index contributed by atoms with van der Waals surface area (Å²) < 4.78 is 11.2. The Morgan fingerprint density at radius 2 is 2.00 bits per heavy atom. The molecular formula is C18H25NO3. The van der Waals surface area contributed by atoms with Gasteiger partial charge in [-0.05, 0) is 50.3 Å². The van der Waals surface area contributed by atoms with Crippen LogP contribution in [-0.4, -0.2) is 25.0 Å². The van der Waals surface area contributed by atoms with E-state index in [0.29, 0.717) is 6.61 Å². The lowest BCUT2D eigenvalue weighted by Crippen LogP contribution is -2.31. The second-order valence-corrected chi connectivity index (χ2v) is 6.26. The van der Waals surface area contributed by atoms with Gasteiger partial charge in [-0.15, -0.1) is 0 Å². The standard InChI is InChI=1S/C18H25NO3/c1-3-11-21-17-12-14(7-8-16(17)20-2)15-13-18(22-19-15)9-5-4-6-10-18/h7-8,12H,3-6,9-11,13H2,1-2H3. The lowest BCUT2D eigenvalue weighted by Gasteiger charge is -2.30. The fourth-order valence-electron chi connectivity index (χ4n) is 3.32. The van der Waals surface area contributed by atoms with Gasteiger partial charge in [-0.1, -0.05) is 18.5 Å². The molecule has 0 bridgehead atoms. The molecule has 0 saturated heterocycles. The second kappa shape index (κ2) is 6.59. The molecule has 0 radical (unpaired) electrons. The number of ether oxygens (including phenoxy) is 2. The molecule has 1 aliphatic carbocycles. The Bertz CT molecular complexity index is 547. The van der Waals surface area contributed by atoms with Crippen LogP contribution >= 0.6 is 0 Å². The van der Waals surface area contributed by atoms with Crippen molar-refractivity contribution < 1.29 is 14.3 Å². The topological polar surface area (TPSA) is 40.0 Å². The molecule has 1 fully saturated rings. The second-order valence-electron chi connectivity index (χ2n) is 6.26. The molecule has 0 aromatic heterocycles. The average molecular weight is 303 g/mol. The number of rotatable bonds is 5. The highest BCUT2D eigenvalue weighted by Gasteiger charge is 2.40. The van der Waals surface area contributed by atoms with Crippen molar-refractivity contribution in [2.75, 3.05) is 13.7 Å². The predicted octanol–water partition coefficient (Wildman–Crippen LogP) is 4.31. The van der Waals surface area contributed by atoms with Gasteiger partial charge in [0, 0.05) is 12.0 Å². The van der Waals surface area contributed by atoms with Crippen molar-refractivity contribution in [3.8, 4) is 11.5 Å². The number of methoxy groups -OCH3 is 1. The van der Waals surface area contributed by atoms with Gasteiger partial charge >= 0.3 is 0 Å². The lowest BCUT2D eigenvalue weighted by atomic mass is 9.81. The molecule has 0 amide bonds. The molecule has 1 aliphatic heterocycles. The minimum Gasteiger partial charge on any atom is -0.493 e. The Morgan fingerprint density at radius 1 is 1.18 bits per heavy atom. The first kappa shape index (κ1) is 15.2. The van der Waals surface area contributed by atoms with Crippen LogP contribution in [0, 0.1) is 0 Å². The van der Waals surface area contributed by atoms with Crippen molar-refractivity contribution in [2.45, 2.75) is 57.5 Å². The number of benzene rings is 1. The molecule has 4 nitrogen and oxygen atoms in total.